The Labute approximate surface area is 61.8 Å². The quantitative estimate of drug-likeness (QED) is 0.599. The molecule has 1 N–H and O–H groups in total. The van der Waals surface area contributed by atoms with E-state index in [1.807, 2.05) is 11.8 Å². The van der Waals surface area contributed by atoms with Gasteiger partial charge in [-0.25, -0.2) is 0 Å². The molecule has 1 atom stereocenters. The van der Waals surface area contributed by atoms with Gasteiger partial charge in [0.2, 0.25) is 0 Å². The van der Waals surface area contributed by atoms with Crippen molar-refractivity contribution in [2.45, 2.75) is 20.3 Å². The van der Waals surface area contributed by atoms with E-state index in [0.717, 1.165) is 6.42 Å². The molecule has 0 aliphatic carbocycles. The van der Waals surface area contributed by atoms with Crippen LogP contribution in [0, 0.1) is 5.92 Å². The number of hydrogen-bond acceptors (Lipinski definition) is 2. The maximum Gasteiger partial charge on any atom is 0.0456 e. The summed E-state index contributed by atoms with van der Waals surface area (Å²) in [7, 11) is 0. The van der Waals surface area contributed by atoms with E-state index in [1.54, 1.807) is 0 Å². The molecule has 0 aromatic rings. The Kier molecular flexibility index (Phi) is 6.65. The summed E-state index contributed by atoms with van der Waals surface area (Å²) in [6.07, 6.45) is 1.15. The highest BCUT2D eigenvalue weighted by molar-refractivity contribution is 7.99. The maximum absolute atomic E-state index is 8.62. The van der Waals surface area contributed by atoms with Crippen LogP contribution in [0.5, 0.6) is 0 Å². The third-order valence-corrected chi connectivity index (χ3v) is 2.20. The SMILES string of the molecule is CCSCCC(C)CO. The second-order valence-corrected chi connectivity index (χ2v) is 3.67. The maximum atomic E-state index is 8.62. The lowest BCUT2D eigenvalue weighted by atomic mass is 10.1. The Bertz CT molecular complexity index is 56.9. The van der Waals surface area contributed by atoms with Gasteiger partial charge in [0.1, 0.15) is 0 Å². The van der Waals surface area contributed by atoms with Crippen LogP contribution in [0.3, 0.4) is 0 Å². The Hall–Kier alpha value is 0.310. The lowest BCUT2D eigenvalue weighted by Crippen LogP contribution is -2.01. The van der Waals surface area contributed by atoms with Crippen molar-refractivity contribution < 1.29 is 5.11 Å². The molecule has 0 radical (unpaired) electrons. The van der Waals surface area contributed by atoms with Crippen LogP contribution in [-0.4, -0.2) is 23.2 Å². The summed E-state index contributed by atoms with van der Waals surface area (Å²) in [6, 6.07) is 0. The lowest BCUT2D eigenvalue weighted by Gasteiger charge is -2.04. The van der Waals surface area contributed by atoms with Gasteiger partial charge in [0.25, 0.3) is 0 Å². The minimum absolute atomic E-state index is 0.338. The third kappa shape index (κ3) is 6.19. The zero-order valence-corrected chi connectivity index (χ0v) is 7.08. The summed E-state index contributed by atoms with van der Waals surface area (Å²) in [5, 5.41) is 8.62. The van der Waals surface area contributed by atoms with Crippen LogP contribution in [0.15, 0.2) is 0 Å². The predicted molar refractivity (Wildman–Crippen MR) is 43.9 cm³/mol. The fraction of sp³-hybridized carbons (Fsp3) is 1.00. The molecule has 0 spiro atoms. The van der Waals surface area contributed by atoms with Crippen LogP contribution in [0.25, 0.3) is 0 Å². The molecule has 0 aromatic carbocycles. The zero-order chi connectivity index (χ0) is 7.11. The summed E-state index contributed by atoms with van der Waals surface area (Å²) >= 11 is 1.94. The molecule has 0 rings (SSSR count). The molecule has 9 heavy (non-hydrogen) atoms. The van der Waals surface area contributed by atoms with Gasteiger partial charge in [-0.2, -0.15) is 11.8 Å². The lowest BCUT2D eigenvalue weighted by molar-refractivity contribution is 0.235. The largest absolute Gasteiger partial charge is 0.396 e. The van der Waals surface area contributed by atoms with E-state index in [2.05, 4.69) is 13.8 Å². The van der Waals surface area contributed by atoms with Gasteiger partial charge in [-0.3, -0.25) is 0 Å². The van der Waals surface area contributed by atoms with Crippen molar-refractivity contribution >= 4 is 11.8 Å². The summed E-state index contributed by atoms with van der Waals surface area (Å²) in [6.45, 7) is 4.58. The number of thioether (sulfide) groups is 1. The molecule has 0 fully saturated rings. The highest BCUT2D eigenvalue weighted by Crippen LogP contribution is 2.07. The molecule has 1 nitrogen and oxygen atoms in total. The predicted octanol–water partition coefficient (Wildman–Crippen LogP) is 1.76. The van der Waals surface area contributed by atoms with Crippen LogP contribution in [-0.2, 0) is 0 Å². The van der Waals surface area contributed by atoms with Gasteiger partial charge in [-0.1, -0.05) is 13.8 Å². The molecule has 0 heterocycles. The molecule has 0 aromatic heterocycles. The van der Waals surface area contributed by atoms with Crippen LogP contribution in [0.2, 0.25) is 0 Å². The topological polar surface area (TPSA) is 20.2 Å². The smallest absolute Gasteiger partial charge is 0.0456 e. The van der Waals surface area contributed by atoms with Crippen LogP contribution in [0.4, 0.5) is 0 Å². The monoisotopic (exact) mass is 148 g/mol. The normalized spacial score (nSPS) is 13.7. The third-order valence-electron chi connectivity index (χ3n) is 1.27. The molecule has 0 saturated heterocycles. The molecule has 0 aliphatic heterocycles. The van der Waals surface area contributed by atoms with Crippen molar-refractivity contribution in [1.29, 1.82) is 0 Å². The van der Waals surface area contributed by atoms with E-state index < -0.39 is 0 Å². The Morgan fingerprint density at radius 1 is 1.56 bits per heavy atom. The van der Waals surface area contributed by atoms with Crippen LogP contribution in [0.1, 0.15) is 20.3 Å². The van der Waals surface area contributed by atoms with Crippen LogP contribution >= 0.6 is 11.8 Å². The molecule has 0 bridgehead atoms. The molecule has 0 amide bonds. The molecule has 1 unspecified atom stereocenters. The van der Waals surface area contributed by atoms with Crippen molar-refractivity contribution in [1.82, 2.24) is 0 Å². The summed E-state index contributed by atoms with van der Waals surface area (Å²) in [5.74, 6) is 2.88. The minimum Gasteiger partial charge on any atom is -0.396 e. The first kappa shape index (κ1) is 9.31. The van der Waals surface area contributed by atoms with Gasteiger partial charge < -0.3 is 5.11 Å². The van der Waals surface area contributed by atoms with E-state index >= 15 is 0 Å². The van der Waals surface area contributed by atoms with E-state index in [9.17, 15) is 0 Å². The molecule has 0 aliphatic rings. The second kappa shape index (κ2) is 6.43. The number of rotatable bonds is 5. The van der Waals surface area contributed by atoms with Gasteiger partial charge in [-0.05, 0) is 23.8 Å². The standard InChI is InChI=1S/C7H16OS/c1-3-9-5-4-7(2)6-8/h7-8H,3-6H2,1-2H3. The van der Waals surface area contributed by atoms with Crippen molar-refractivity contribution in [3.05, 3.63) is 0 Å². The molecular formula is C7H16OS. The zero-order valence-electron chi connectivity index (χ0n) is 6.26. The fourth-order valence-corrected chi connectivity index (χ4v) is 1.38. The summed E-state index contributed by atoms with van der Waals surface area (Å²) < 4.78 is 0. The average Bonchev–Trinajstić information content (AvgIpc) is 1.89. The number of aliphatic hydroxyl groups is 1. The minimum atomic E-state index is 0.338. The highest BCUT2D eigenvalue weighted by atomic mass is 32.2. The Morgan fingerprint density at radius 3 is 2.67 bits per heavy atom. The fourth-order valence-electron chi connectivity index (χ4n) is 0.520. The first-order valence-electron chi connectivity index (χ1n) is 3.49. The molecular weight excluding hydrogens is 132 g/mol. The van der Waals surface area contributed by atoms with Gasteiger partial charge in [0.05, 0.1) is 0 Å². The first-order valence-corrected chi connectivity index (χ1v) is 4.65. The van der Waals surface area contributed by atoms with Crippen molar-refractivity contribution in [2.24, 2.45) is 5.92 Å². The van der Waals surface area contributed by atoms with E-state index in [4.69, 9.17) is 5.11 Å². The molecule has 2 heteroatoms. The van der Waals surface area contributed by atoms with Gasteiger partial charge in [0.15, 0.2) is 0 Å². The van der Waals surface area contributed by atoms with E-state index in [-0.39, 0.29) is 0 Å². The van der Waals surface area contributed by atoms with Crippen molar-refractivity contribution in [2.75, 3.05) is 18.1 Å². The first-order chi connectivity index (χ1) is 4.31. The summed E-state index contributed by atoms with van der Waals surface area (Å²) in [4.78, 5) is 0. The highest BCUT2D eigenvalue weighted by Gasteiger charge is 1.97. The molecule has 0 saturated carbocycles. The van der Waals surface area contributed by atoms with Crippen LogP contribution < -0.4 is 0 Å². The second-order valence-electron chi connectivity index (χ2n) is 2.27. The van der Waals surface area contributed by atoms with Crippen molar-refractivity contribution in [3.8, 4) is 0 Å². The number of hydrogen-bond donors (Lipinski definition) is 1. The van der Waals surface area contributed by atoms with Gasteiger partial charge >= 0.3 is 0 Å². The Morgan fingerprint density at radius 2 is 2.22 bits per heavy atom. The van der Waals surface area contributed by atoms with Gasteiger partial charge in [-0.15, -0.1) is 0 Å². The van der Waals surface area contributed by atoms with E-state index in [0.29, 0.717) is 12.5 Å². The summed E-state index contributed by atoms with van der Waals surface area (Å²) in [5.41, 5.74) is 0. The molecule has 56 valence electrons. The van der Waals surface area contributed by atoms with Crippen molar-refractivity contribution in [3.63, 3.8) is 0 Å². The van der Waals surface area contributed by atoms with Gasteiger partial charge in [0, 0.05) is 6.61 Å². The number of aliphatic hydroxyl groups excluding tert-OH is 1. The van der Waals surface area contributed by atoms with E-state index in [1.165, 1.54) is 11.5 Å². The average molecular weight is 148 g/mol. The Balaban J connectivity index is 2.88.